The Morgan fingerprint density at radius 3 is 2.52 bits per heavy atom. The fourth-order valence-corrected chi connectivity index (χ4v) is 2.59. The van der Waals surface area contributed by atoms with Crippen LogP contribution in [0.3, 0.4) is 0 Å². The molecule has 6 heteroatoms. The average Bonchev–Trinajstić information content (AvgIpc) is 2.40. The van der Waals surface area contributed by atoms with E-state index in [2.05, 4.69) is 25.9 Å². The largest absolute Gasteiger partial charge is 0.444 e. The van der Waals surface area contributed by atoms with Crippen molar-refractivity contribution in [3.63, 3.8) is 0 Å². The SMILES string of the molecule is CC(C)(C)OC(=O)N1CCC(Cc2cnc(Br)cn2)CC1. The molecule has 0 aromatic carbocycles. The van der Waals surface area contributed by atoms with Crippen LogP contribution in [0.25, 0.3) is 0 Å². The molecule has 0 spiro atoms. The zero-order valence-electron chi connectivity index (χ0n) is 12.8. The van der Waals surface area contributed by atoms with Gasteiger partial charge < -0.3 is 9.64 Å². The molecular formula is C15H22BrN3O2. The van der Waals surface area contributed by atoms with Crippen molar-refractivity contribution >= 4 is 22.0 Å². The molecule has 0 atom stereocenters. The summed E-state index contributed by atoms with van der Waals surface area (Å²) in [4.78, 5) is 22.4. The highest BCUT2D eigenvalue weighted by Gasteiger charge is 2.27. The second kappa shape index (κ2) is 6.73. The average molecular weight is 356 g/mol. The van der Waals surface area contributed by atoms with Crippen molar-refractivity contribution in [3.8, 4) is 0 Å². The van der Waals surface area contributed by atoms with Gasteiger partial charge in [0.25, 0.3) is 0 Å². The highest BCUT2D eigenvalue weighted by atomic mass is 79.9. The van der Waals surface area contributed by atoms with Gasteiger partial charge in [-0.15, -0.1) is 0 Å². The van der Waals surface area contributed by atoms with Gasteiger partial charge in [0.05, 0.1) is 11.9 Å². The monoisotopic (exact) mass is 355 g/mol. The minimum Gasteiger partial charge on any atom is -0.444 e. The molecule has 2 rings (SSSR count). The highest BCUT2D eigenvalue weighted by molar-refractivity contribution is 9.10. The molecule has 5 nitrogen and oxygen atoms in total. The van der Waals surface area contributed by atoms with Gasteiger partial charge >= 0.3 is 6.09 Å². The molecule has 1 aliphatic heterocycles. The maximum Gasteiger partial charge on any atom is 0.410 e. The van der Waals surface area contributed by atoms with E-state index in [1.807, 2.05) is 27.0 Å². The van der Waals surface area contributed by atoms with Crippen molar-refractivity contribution < 1.29 is 9.53 Å². The van der Waals surface area contributed by atoms with Crippen molar-refractivity contribution in [2.45, 2.75) is 45.6 Å². The molecule has 2 heterocycles. The standard InChI is InChI=1S/C15H22BrN3O2/c1-15(2,3)21-14(20)19-6-4-11(5-7-19)8-12-9-18-13(16)10-17-12/h9-11H,4-8H2,1-3H3. The van der Waals surface area contributed by atoms with Crippen LogP contribution in [0, 0.1) is 5.92 Å². The number of halogens is 1. The van der Waals surface area contributed by atoms with Crippen molar-refractivity contribution in [2.24, 2.45) is 5.92 Å². The molecule has 0 N–H and O–H groups in total. The van der Waals surface area contributed by atoms with Crippen molar-refractivity contribution in [3.05, 3.63) is 22.7 Å². The molecule has 0 unspecified atom stereocenters. The second-order valence-corrected chi connectivity index (χ2v) is 7.26. The molecule has 1 fully saturated rings. The smallest absolute Gasteiger partial charge is 0.410 e. The molecule has 1 aliphatic rings. The zero-order chi connectivity index (χ0) is 15.5. The summed E-state index contributed by atoms with van der Waals surface area (Å²) in [5.41, 5.74) is 0.579. The lowest BCUT2D eigenvalue weighted by molar-refractivity contribution is 0.0184. The molecule has 1 saturated heterocycles. The van der Waals surface area contributed by atoms with Crippen LogP contribution < -0.4 is 0 Å². The summed E-state index contributed by atoms with van der Waals surface area (Å²) in [5.74, 6) is 0.555. The third-order valence-electron chi connectivity index (χ3n) is 3.44. The quantitative estimate of drug-likeness (QED) is 0.815. The third-order valence-corrected chi connectivity index (χ3v) is 3.85. The normalized spacial score (nSPS) is 16.9. The van der Waals surface area contributed by atoms with Crippen LogP contribution in [0.1, 0.15) is 39.3 Å². The van der Waals surface area contributed by atoms with Gasteiger partial charge in [0.2, 0.25) is 0 Å². The number of piperidine rings is 1. The molecule has 0 bridgehead atoms. The fourth-order valence-electron chi connectivity index (χ4n) is 2.39. The Balaban J connectivity index is 1.80. The van der Waals surface area contributed by atoms with Gasteiger partial charge in [-0.2, -0.15) is 0 Å². The van der Waals surface area contributed by atoms with Crippen LogP contribution in [0.5, 0.6) is 0 Å². The Kier molecular flexibility index (Phi) is 5.19. The van der Waals surface area contributed by atoms with E-state index in [1.165, 1.54) is 0 Å². The predicted molar refractivity (Wildman–Crippen MR) is 84.0 cm³/mol. The number of aromatic nitrogens is 2. The van der Waals surface area contributed by atoms with Crippen molar-refractivity contribution in [2.75, 3.05) is 13.1 Å². The van der Waals surface area contributed by atoms with E-state index < -0.39 is 5.60 Å². The number of likely N-dealkylation sites (tertiary alicyclic amines) is 1. The molecule has 1 amide bonds. The van der Waals surface area contributed by atoms with Crippen LogP contribution in [-0.4, -0.2) is 39.7 Å². The van der Waals surface area contributed by atoms with Crippen LogP contribution in [0.2, 0.25) is 0 Å². The maximum absolute atomic E-state index is 12.0. The van der Waals surface area contributed by atoms with E-state index in [0.717, 1.165) is 42.6 Å². The number of hydrogen-bond acceptors (Lipinski definition) is 4. The Morgan fingerprint density at radius 2 is 2.00 bits per heavy atom. The summed E-state index contributed by atoms with van der Waals surface area (Å²) in [6.45, 7) is 7.19. The van der Waals surface area contributed by atoms with Crippen LogP contribution in [0.4, 0.5) is 4.79 Å². The van der Waals surface area contributed by atoms with Gasteiger partial charge in [-0.25, -0.2) is 9.78 Å². The van der Waals surface area contributed by atoms with Crippen LogP contribution in [-0.2, 0) is 11.2 Å². The van der Waals surface area contributed by atoms with Crippen LogP contribution >= 0.6 is 15.9 Å². The Bertz CT molecular complexity index is 477. The summed E-state index contributed by atoms with van der Waals surface area (Å²) in [7, 11) is 0. The summed E-state index contributed by atoms with van der Waals surface area (Å²) in [6, 6.07) is 0. The first-order valence-corrected chi connectivity index (χ1v) is 8.07. The molecule has 0 radical (unpaired) electrons. The third kappa shape index (κ3) is 5.26. The topological polar surface area (TPSA) is 55.3 Å². The van der Waals surface area contributed by atoms with Gasteiger partial charge in [-0.1, -0.05) is 0 Å². The lowest BCUT2D eigenvalue weighted by Gasteiger charge is -2.33. The molecule has 116 valence electrons. The van der Waals surface area contributed by atoms with Gasteiger partial charge in [-0.05, 0) is 61.9 Å². The summed E-state index contributed by atoms with van der Waals surface area (Å²) < 4.78 is 6.16. The Hall–Kier alpha value is -1.17. The predicted octanol–water partition coefficient (Wildman–Crippen LogP) is 3.43. The summed E-state index contributed by atoms with van der Waals surface area (Å²) >= 11 is 3.29. The molecule has 1 aromatic rings. The number of hydrogen-bond donors (Lipinski definition) is 0. The van der Waals surface area contributed by atoms with E-state index in [4.69, 9.17) is 4.74 Å². The number of carbonyl (C=O) groups is 1. The van der Waals surface area contributed by atoms with E-state index in [1.54, 1.807) is 11.1 Å². The summed E-state index contributed by atoms with van der Waals surface area (Å²) in [5, 5.41) is 0. The number of ether oxygens (including phenoxy) is 1. The molecular weight excluding hydrogens is 334 g/mol. The molecule has 0 aliphatic carbocycles. The summed E-state index contributed by atoms with van der Waals surface area (Å²) in [6.07, 6.45) is 6.22. The van der Waals surface area contributed by atoms with Gasteiger partial charge in [0.15, 0.2) is 0 Å². The van der Waals surface area contributed by atoms with E-state index in [0.29, 0.717) is 5.92 Å². The molecule has 21 heavy (non-hydrogen) atoms. The lowest BCUT2D eigenvalue weighted by Crippen LogP contribution is -2.42. The highest BCUT2D eigenvalue weighted by Crippen LogP contribution is 2.22. The van der Waals surface area contributed by atoms with E-state index >= 15 is 0 Å². The van der Waals surface area contributed by atoms with Gasteiger partial charge in [0.1, 0.15) is 10.2 Å². The first-order valence-electron chi connectivity index (χ1n) is 7.28. The number of carbonyl (C=O) groups excluding carboxylic acids is 1. The minimum absolute atomic E-state index is 0.204. The zero-order valence-corrected chi connectivity index (χ0v) is 14.4. The van der Waals surface area contributed by atoms with Gasteiger partial charge in [-0.3, -0.25) is 4.98 Å². The number of rotatable bonds is 2. The first-order chi connectivity index (χ1) is 9.83. The van der Waals surface area contributed by atoms with Crippen molar-refractivity contribution in [1.29, 1.82) is 0 Å². The molecule has 1 aromatic heterocycles. The Labute approximate surface area is 134 Å². The lowest BCUT2D eigenvalue weighted by atomic mass is 9.92. The number of nitrogens with zero attached hydrogens (tertiary/aromatic N) is 3. The van der Waals surface area contributed by atoms with E-state index in [-0.39, 0.29) is 6.09 Å². The number of amides is 1. The Morgan fingerprint density at radius 1 is 1.33 bits per heavy atom. The van der Waals surface area contributed by atoms with E-state index in [9.17, 15) is 4.79 Å². The minimum atomic E-state index is -0.430. The first kappa shape index (κ1) is 16.2. The fraction of sp³-hybridized carbons (Fsp3) is 0.667. The molecule has 0 saturated carbocycles. The maximum atomic E-state index is 12.0. The van der Waals surface area contributed by atoms with Crippen molar-refractivity contribution in [1.82, 2.24) is 14.9 Å². The second-order valence-electron chi connectivity index (χ2n) is 6.45. The van der Waals surface area contributed by atoms with Crippen LogP contribution in [0.15, 0.2) is 17.0 Å². The van der Waals surface area contributed by atoms with Gasteiger partial charge in [0, 0.05) is 19.3 Å².